The molecule has 5 heteroatoms. The van der Waals surface area contributed by atoms with E-state index in [-0.39, 0.29) is 30.9 Å². The summed E-state index contributed by atoms with van der Waals surface area (Å²) < 4.78 is 0. The Morgan fingerprint density at radius 1 is 0.966 bits per heavy atom. The third kappa shape index (κ3) is 7.02. The van der Waals surface area contributed by atoms with Gasteiger partial charge in [-0.3, -0.25) is 14.5 Å². The molecule has 2 N–H and O–H groups in total. The van der Waals surface area contributed by atoms with Gasteiger partial charge in [0.15, 0.2) is 0 Å². The van der Waals surface area contributed by atoms with Crippen LogP contribution >= 0.6 is 0 Å². The van der Waals surface area contributed by atoms with E-state index in [1.54, 1.807) is 11.9 Å². The van der Waals surface area contributed by atoms with Crippen LogP contribution in [0.15, 0.2) is 42.5 Å². The van der Waals surface area contributed by atoms with E-state index in [1.807, 2.05) is 51.1 Å². The molecule has 0 fully saturated rings. The fraction of sp³-hybridized carbons (Fsp3) is 0.417. The van der Waals surface area contributed by atoms with Gasteiger partial charge in [-0.05, 0) is 50.9 Å². The molecule has 0 heterocycles. The number of nitrogens with zero attached hydrogens (tertiary/aromatic N) is 1. The second-order valence-corrected chi connectivity index (χ2v) is 7.81. The number of anilines is 1. The van der Waals surface area contributed by atoms with Gasteiger partial charge in [-0.15, -0.1) is 0 Å². The molecule has 0 bridgehead atoms. The number of likely N-dealkylation sites (N-methyl/N-ethyl adjacent to an activating group) is 1. The molecule has 29 heavy (non-hydrogen) atoms. The summed E-state index contributed by atoms with van der Waals surface area (Å²) in [5, 5.41) is 6.08. The average Bonchev–Trinajstić information content (AvgIpc) is 2.64. The molecule has 0 saturated heterocycles. The van der Waals surface area contributed by atoms with Crippen LogP contribution in [0.4, 0.5) is 5.69 Å². The SMILES string of the molecule is CCC[C@@H](NC(=O)CN(C)CC(=O)Nc1c(C)cc(C)cc1C)c1ccccc1. The molecule has 0 unspecified atom stereocenters. The average molecular weight is 396 g/mol. The summed E-state index contributed by atoms with van der Waals surface area (Å²) in [7, 11) is 1.78. The molecule has 2 rings (SSSR count). The highest BCUT2D eigenvalue weighted by molar-refractivity contribution is 5.94. The summed E-state index contributed by atoms with van der Waals surface area (Å²) in [4.78, 5) is 26.7. The lowest BCUT2D eigenvalue weighted by Crippen LogP contribution is -2.40. The van der Waals surface area contributed by atoms with Crippen molar-refractivity contribution in [3.8, 4) is 0 Å². The first-order valence-corrected chi connectivity index (χ1v) is 10.2. The van der Waals surface area contributed by atoms with E-state index < -0.39 is 0 Å². The minimum atomic E-state index is -0.122. The lowest BCUT2D eigenvalue weighted by molar-refractivity contribution is -0.123. The first-order chi connectivity index (χ1) is 13.8. The van der Waals surface area contributed by atoms with Gasteiger partial charge < -0.3 is 10.6 Å². The zero-order valence-electron chi connectivity index (χ0n) is 18.2. The van der Waals surface area contributed by atoms with Crippen molar-refractivity contribution in [1.29, 1.82) is 0 Å². The monoisotopic (exact) mass is 395 g/mol. The van der Waals surface area contributed by atoms with E-state index in [0.29, 0.717) is 0 Å². The molecule has 2 amide bonds. The standard InChI is InChI=1S/C24H33N3O2/c1-6-10-21(20-11-8-7-9-12-20)25-22(28)15-27(5)16-23(29)26-24-18(3)13-17(2)14-19(24)4/h7-9,11-14,21H,6,10,15-16H2,1-5H3,(H,25,28)(H,26,29)/t21-/m1/s1. The van der Waals surface area contributed by atoms with E-state index >= 15 is 0 Å². The van der Waals surface area contributed by atoms with E-state index in [0.717, 1.165) is 35.2 Å². The number of hydrogen-bond acceptors (Lipinski definition) is 3. The number of benzene rings is 2. The minimum Gasteiger partial charge on any atom is -0.348 e. The highest BCUT2D eigenvalue weighted by Crippen LogP contribution is 2.22. The topological polar surface area (TPSA) is 61.4 Å². The molecular formula is C24H33N3O2. The van der Waals surface area contributed by atoms with Crippen molar-refractivity contribution < 1.29 is 9.59 Å². The predicted molar refractivity (Wildman–Crippen MR) is 119 cm³/mol. The predicted octanol–water partition coefficient (Wildman–Crippen LogP) is 4.14. The third-order valence-corrected chi connectivity index (χ3v) is 4.88. The summed E-state index contributed by atoms with van der Waals surface area (Å²) in [5.41, 5.74) is 5.22. The maximum atomic E-state index is 12.5. The molecule has 0 aliphatic carbocycles. The molecule has 0 saturated carbocycles. The van der Waals surface area contributed by atoms with Crippen LogP contribution in [0.25, 0.3) is 0 Å². The summed E-state index contributed by atoms with van der Waals surface area (Å²) in [5.74, 6) is -0.200. The van der Waals surface area contributed by atoms with Gasteiger partial charge in [-0.2, -0.15) is 0 Å². The number of hydrogen-bond donors (Lipinski definition) is 2. The van der Waals surface area contributed by atoms with Gasteiger partial charge in [0.2, 0.25) is 11.8 Å². The van der Waals surface area contributed by atoms with Gasteiger partial charge in [0.25, 0.3) is 0 Å². The van der Waals surface area contributed by atoms with Crippen LogP contribution in [0.3, 0.4) is 0 Å². The van der Waals surface area contributed by atoms with Gasteiger partial charge in [0.05, 0.1) is 19.1 Å². The smallest absolute Gasteiger partial charge is 0.238 e. The van der Waals surface area contributed by atoms with Gasteiger partial charge in [0, 0.05) is 5.69 Å². The number of carbonyl (C=O) groups excluding carboxylic acids is 2. The van der Waals surface area contributed by atoms with Crippen LogP contribution in [0.1, 0.15) is 48.1 Å². The van der Waals surface area contributed by atoms with E-state index in [9.17, 15) is 9.59 Å². The highest BCUT2D eigenvalue weighted by Gasteiger charge is 2.17. The molecule has 5 nitrogen and oxygen atoms in total. The second-order valence-electron chi connectivity index (χ2n) is 7.81. The third-order valence-electron chi connectivity index (χ3n) is 4.88. The van der Waals surface area contributed by atoms with Crippen LogP contribution in [-0.2, 0) is 9.59 Å². The van der Waals surface area contributed by atoms with Crippen molar-refractivity contribution in [3.63, 3.8) is 0 Å². The normalized spacial score (nSPS) is 11.9. The summed E-state index contributed by atoms with van der Waals surface area (Å²) in [6, 6.07) is 14.1. The zero-order valence-corrected chi connectivity index (χ0v) is 18.2. The Morgan fingerprint density at radius 3 is 2.14 bits per heavy atom. The van der Waals surface area contributed by atoms with Crippen molar-refractivity contribution >= 4 is 17.5 Å². The van der Waals surface area contributed by atoms with Crippen molar-refractivity contribution in [2.24, 2.45) is 0 Å². The fourth-order valence-corrected chi connectivity index (χ4v) is 3.64. The molecule has 156 valence electrons. The van der Waals surface area contributed by atoms with Crippen molar-refractivity contribution in [3.05, 3.63) is 64.7 Å². The quantitative estimate of drug-likeness (QED) is 0.671. The Labute approximate surface area is 174 Å². The fourth-order valence-electron chi connectivity index (χ4n) is 3.64. The first kappa shape index (κ1) is 22.6. The maximum Gasteiger partial charge on any atom is 0.238 e. The van der Waals surface area contributed by atoms with Crippen molar-refractivity contribution in [2.75, 3.05) is 25.5 Å². The number of aryl methyl sites for hydroxylation is 3. The van der Waals surface area contributed by atoms with Gasteiger partial charge in [0.1, 0.15) is 0 Å². The van der Waals surface area contributed by atoms with Crippen molar-refractivity contribution in [2.45, 2.75) is 46.6 Å². The number of amides is 2. The second kappa shape index (κ2) is 10.8. The van der Waals surface area contributed by atoms with Crippen molar-refractivity contribution in [1.82, 2.24) is 10.2 Å². The number of nitrogens with one attached hydrogen (secondary N) is 2. The molecule has 0 aliphatic heterocycles. The first-order valence-electron chi connectivity index (χ1n) is 10.2. The summed E-state index contributed by atoms with van der Waals surface area (Å²) >= 11 is 0. The minimum absolute atomic E-state index is 0.00576. The molecular weight excluding hydrogens is 362 g/mol. The van der Waals surface area contributed by atoms with Crippen LogP contribution in [-0.4, -0.2) is 36.9 Å². The Kier molecular flexibility index (Phi) is 8.40. The Balaban J connectivity index is 1.90. The van der Waals surface area contributed by atoms with E-state index in [2.05, 4.69) is 29.7 Å². The Hall–Kier alpha value is -2.66. The Bertz CT molecular complexity index is 810. The molecule has 0 spiro atoms. The summed E-state index contributed by atoms with van der Waals surface area (Å²) in [6.07, 6.45) is 1.86. The zero-order chi connectivity index (χ0) is 21.4. The lowest BCUT2D eigenvalue weighted by atomic mass is 10.0. The highest BCUT2D eigenvalue weighted by atomic mass is 16.2. The maximum absolute atomic E-state index is 12.5. The van der Waals surface area contributed by atoms with Gasteiger partial charge in [-0.25, -0.2) is 0 Å². The molecule has 0 radical (unpaired) electrons. The van der Waals surface area contributed by atoms with Crippen LogP contribution in [0.2, 0.25) is 0 Å². The molecule has 0 aromatic heterocycles. The van der Waals surface area contributed by atoms with Gasteiger partial charge >= 0.3 is 0 Å². The summed E-state index contributed by atoms with van der Waals surface area (Å²) in [6.45, 7) is 8.46. The largest absolute Gasteiger partial charge is 0.348 e. The molecule has 2 aromatic rings. The molecule has 1 atom stereocenters. The van der Waals surface area contributed by atoms with E-state index in [4.69, 9.17) is 0 Å². The lowest BCUT2D eigenvalue weighted by Gasteiger charge is -2.22. The number of carbonyl (C=O) groups is 2. The molecule has 2 aromatic carbocycles. The Morgan fingerprint density at radius 2 is 1.55 bits per heavy atom. The van der Waals surface area contributed by atoms with Crippen LogP contribution in [0.5, 0.6) is 0 Å². The number of rotatable bonds is 9. The van der Waals surface area contributed by atoms with Crippen LogP contribution in [0, 0.1) is 20.8 Å². The molecule has 0 aliphatic rings. The van der Waals surface area contributed by atoms with Crippen LogP contribution < -0.4 is 10.6 Å². The van der Waals surface area contributed by atoms with Gasteiger partial charge in [-0.1, -0.05) is 61.4 Å². The van der Waals surface area contributed by atoms with E-state index in [1.165, 1.54) is 5.56 Å².